The number of carbonyl (C=O) groups is 2. The fraction of sp³-hybridized carbons (Fsp3) is 0.0476. The fourth-order valence-corrected chi connectivity index (χ4v) is 2.69. The topological polar surface area (TPSA) is 70.2 Å². The van der Waals surface area contributed by atoms with Gasteiger partial charge in [0.2, 0.25) is 5.91 Å². The second-order valence-electron chi connectivity index (χ2n) is 5.75. The quantitative estimate of drug-likeness (QED) is 0.584. The number of halogens is 1. The highest BCUT2D eigenvalue weighted by Gasteiger charge is 2.13. The van der Waals surface area contributed by atoms with Gasteiger partial charge in [0.1, 0.15) is 0 Å². The molecule has 0 atom stereocenters. The van der Waals surface area contributed by atoms with E-state index < -0.39 is 0 Å². The van der Waals surface area contributed by atoms with Gasteiger partial charge in [0.25, 0.3) is 5.91 Å². The van der Waals surface area contributed by atoms with Gasteiger partial charge in [-0.25, -0.2) is 0 Å². The van der Waals surface area contributed by atoms with E-state index in [1.165, 1.54) is 0 Å². The zero-order valence-corrected chi connectivity index (χ0v) is 15.2. The molecule has 3 aromatic carbocycles. The molecular formula is C21H18ClN3O2. The molecule has 136 valence electrons. The molecule has 0 aliphatic carbocycles. The van der Waals surface area contributed by atoms with E-state index in [0.29, 0.717) is 27.6 Å². The number of hydrogen-bond acceptors (Lipinski definition) is 3. The maximum Gasteiger partial charge on any atom is 0.257 e. The molecule has 0 unspecified atom stereocenters. The van der Waals surface area contributed by atoms with Crippen LogP contribution >= 0.6 is 11.6 Å². The predicted molar refractivity (Wildman–Crippen MR) is 109 cm³/mol. The first-order valence-electron chi connectivity index (χ1n) is 8.37. The summed E-state index contributed by atoms with van der Waals surface area (Å²) >= 11 is 6.06. The monoisotopic (exact) mass is 379 g/mol. The molecule has 3 aromatic rings. The second kappa shape index (κ2) is 8.87. The average molecular weight is 380 g/mol. The van der Waals surface area contributed by atoms with Crippen molar-refractivity contribution in [1.82, 2.24) is 0 Å². The molecule has 0 spiro atoms. The Labute approximate surface area is 162 Å². The van der Waals surface area contributed by atoms with Gasteiger partial charge < -0.3 is 16.0 Å². The Balaban J connectivity index is 1.66. The molecule has 5 nitrogen and oxygen atoms in total. The lowest BCUT2D eigenvalue weighted by atomic mass is 10.1. The summed E-state index contributed by atoms with van der Waals surface area (Å²) in [4.78, 5) is 24.8. The molecule has 0 aliphatic rings. The van der Waals surface area contributed by atoms with Crippen LogP contribution in [0.3, 0.4) is 0 Å². The maximum atomic E-state index is 12.5. The molecule has 0 fully saturated rings. The molecule has 0 saturated heterocycles. The van der Waals surface area contributed by atoms with Crippen molar-refractivity contribution < 1.29 is 9.59 Å². The van der Waals surface area contributed by atoms with Crippen LogP contribution in [0.5, 0.6) is 0 Å². The van der Waals surface area contributed by atoms with E-state index >= 15 is 0 Å². The van der Waals surface area contributed by atoms with Crippen LogP contribution in [0.4, 0.5) is 17.1 Å². The highest BCUT2D eigenvalue weighted by Crippen LogP contribution is 2.20. The first kappa shape index (κ1) is 18.5. The summed E-state index contributed by atoms with van der Waals surface area (Å²) in [6, 6.07) is 23.2. The molecule has 0 saturated carbocycles. The van der Waals surface area contributed by atoms with Crippen molar-refractivity contribution in [1.29, 1.82) is 0 Å². The zero-order chi connectivity index (χ0) is 19.1. The number of carbonyl (C=O) groups excluding carboxylic acids is 2. The molecule has 0 aromatic heterocycles. The Hall–Kier alpha value is -3.31. The maximum absolute atomic E-state index is 12.5. The fourth-order valence-electron chi connectivity index (χ4n) is 2.48. The second-order valence-corrected chi connectivity index (χ2v) is 6.15. The van der Waals surface area contributed by atoms with Crippen LogP contribution in [0.1, 0.15) is 10.4 Å². The molecule has 0 bridgehead atoms. The molecule has 0 heterocycles. The van der Waals surface area contributed by atoms with E-state index in [1.54, 1.807) is 48.5 Å². The van der Waals surface area contributed by atoms with E-state index in [2.05, 4.69) is 16.0 Å². The third-order valence-electron chi connectivity index (χ3n) is 3.79. The summed E-state index contributed by atoms with van der Waals surface area (Å²) < 4.78 is 0. The van der Waals surface area contributed by atoms with Crippen molar-refractivity contribution in [2.24, 2.45) is 0 Å². The molecule has 3 rings (SSSR count). The van der Waals surface area contributed by atoms with E-state index in [1.807, 2.05) is 30.3 Å². The number of nitrogens with one attached hydrogen (secondary N) is 3. The lowest BCUT2D eigenvalue weighted by molar-refractivity contribution is -0.114. The Kier molecular flexibility index (Phi) is 6.07. The summed E-state index contributed by atoms with van der Waals surface area (Å²) in [5, 5.41) is 9.09. The van der Waals surface area contributed by atoms with Crippen LogP contribution in [0.15, 0.2) is 78.9 Å². The molecular weight excluding hydrogens is 362 g/mol. The van der Waals surface area contributed by atoms with Crippen molar-refractivity contribution in [3.63, 3.8) is 0 Å². The highest BCUT2D eigenvalue weighted by atomic mass is 35.5. The molecule has 27 heavy (non-hydrogen) atoms. The van der Waals surface area contributed by atoms with Gasteiger partial charge in [0.05, 0.1) is 28.5 Å². The third kappa shape index (κ3) is 5.09. The third-order valence-corrected chi connectivity index (χ3v) is 4.12. The van der Waals surface area contributed by atoms with Crippen molar-refractivity contribution >= 4 is 40.5 Å². The predicted octanol–water partition coefficient (Wildman–Crippen LogP) is 4.64. The van der Waals surface area contributed by atoms with Crippen LogP contribution in [0.2, 0.25) is 5.02 Å². The molecule has 6 heteroatoms. The Bertz CT molecular complexity index is 945. The minimum atomic E-state index is -0.295. The van der Waals surface area contributed by atoms with E-state index in [-0.39, 0.29) is 18.4 Å². The van der Waals surface area contributed by atoms with Crippen molar-refractivity contribution in [2.45, 2.75) is 0 Å². The average Bonchev–Trinajstić information content (AvgIpc) is 2.68. The number of para-hydroxylation sites is 3. The molecule has 3 N–H and O–H groups in total. The van der Waals surface area contributed by atoms with E-state index in [9.17, 15) is 9.59 Å². The lowest BCUT2D eigenvalue weighted by Gasteiger charge is -2.12. The number of anilines is 3. The van der Waals surface area contributed by atoms with Gasteiger partial charge in [0, 0.05) is 5.69 Å². The van der Waals surface area contributed by atoms with Crippen molar-refractivity contribution in [3.8, 4) is 0 Å². The first-order valence-corrected chi connectivity index (χ1v) is 8.75. The van der Waals surface area contributed by atoms with Gasteiger partial charge in [0.15, 0.2) is 0 Å². The Morgan fingerprint density at radius 3 is 2.11 bits per heavy atom. The number of benzene rings is 3. The minimum absolute atomic E-state index is 0.0262. The minimum Gasteiger partial charge on any atom is -0.375 e. The van der Waals surface area contributed by atoms with E-state index in [0.717, 1.165) is 0 Å². The standard InChI is InChI=1S/C21H18ClN3O2/c22-17-11-5-7-13-19(17)23-14-20(26)25-18-12-6-4-10-16(18)21(27)24-15-8-2-1-3-9-15/h1-13,23H,14H2,(H,24,27)(H,25,26). The van der Waals surface area contributed by atoms with Gasteiger partial charge in [-0.3, -0.25) is 9.59 Å². The van der Waals surface area contributed by atoms with Gasteiger partial charge in [-0.15, -0.1) is 0 Å². The molecule has 2 amide bonds. The molecule has 0 radical (unpaired) electrons. The number of amides is 2. The van der Waals surface area contributed by atoms with Crippen LogP contribution in [0.25, 0.3) is 0 Å². The largest absolute Gasteiger partial charge is 0.375 e. The number of rotatable bonds is 6. The first-order chi connectivity index (χ1) is 13.1. The van der Waals surface area contributed by atoms with Crippen molar-refractivity contribution in [2.75, 3.05) is 22.5 Å². The van der Waals surface area contributed by atoms with Gasteiger partial charge in [-0.1, -0.05) is 54.1 Å². The Morgan fingerprint density at radius 1 is 0.741 bits per heavy atom. The molecule has 0 aliphatic heterocycles. The summed E-state index contributed by atoms with van der Waals surface area (Å²) in [6.45, 7) is 0.0262. The highest BCUT2D eigenvalue weighted by molar-refractivity contribution is 6.33. The zero-order valence-electron chi connectivity index (χ0n) is 14.4. The SMILES string of the molecule is O=C(CNc1ccccc1Cl)Nc1ccccc1C(=O)Nc1ccccc1. The van der Waals surface area contributed by atoms with Crippen molar-refractivity contribution in [3.05, 3.63) is 89.4 Å². The lowest BCUT2D eigenvalue weighted by Crippen LogP contribution is -2.24. The summed E-state index contributed by atoms with van der Waals surface area (Å²) in [7, 11) is 0. The summed E-state index contributed by atoms with van der Waals surface area (Å²) in [6.07, 6.45) is 0. The van der Waals surface area contributed by atoms with Crippen LogP contribution in [-0.2, 0) is 4.79 Å². The smallest absolute Gasteiger partial charge is 0.257 e. The van der Waals surface area contributed by atoms with E-state index in [4.69, 9.17) is 11.6 Å². The van der Waals surface area contributed by atoms with Crippen LogP contribution in [-0.4, -0.2) is 18.4 Å². The Morgan fingerprint density at radius 2 is 1.37 bits per heavy atom. The summed E-state index contributed by atoms with van der Waals surface area (Å²) in [5.41, 5.74) is 2.18. The van der Waals surface area contributed by atoms with Crippen LogP contribution in [0, 0.1) is 0 Å². The van der Waals surface area contributed by atoms with Gasteiger partial charge in [-0.05, 0) is 36.4 Å². The van der Waals surface area contributed by atoms with Gasteiger partial charge in [-0.2, -0.15) is 0 Å². The van der Waals surface area contributed by atoms with Crippen LogP contribution < -0.4 is 16.0 Å². The summed E-state index contributed by atoms with van der Waals surface area (Å²) in [5.74, 6) is -0.578. The number of hydrogen-bond donors (Lipinski definition) is 3. The normalized spacial score (nSPS) is 10.1. The van der Waals surface area contributed by atoms with Gasteiger partial charge >= 0.3 is 0 Å².